The van der Waals surface area contributed by atoms with Gasteiger partial charge in [0.2, 0.25) is 0 Å². The van der Waals surface area contributed by atoms with Crippen LogP contribution in [0.2, 0.25) is 0 Å². The molecule has 0 aliphatic heterocycles. The molecule has 0 saturated heterocycles. The first kappa shape index (κ1) is 28.6. The number of hydrogen-bond donors (Lipinski definition) is 0. The number of rotatable bonds is 21. The first-order chi connectivity index (χ1) is 14.8. The van der Waals surface area contributed by atoms with Crippen LogP contribution in [0.1, 0.15) is 130 Å². The van der Waals surface area contributed by atoms with Gasteiger partial charge in [0.25, 0.3) is 5.95 Å². The summed E-state index contributed by atoms with van der Waals surface area (Å²) in [6.07, 6.45) is 27.5. The molecule has 0 fully saturated rings. The van der Waals surface area contributed by atoms with E-state index in [4.69, 9.17) is 9.47 Å². The number of allylic oxidation sites excluding steroid dienone is 3. The van der Waals surface area contributed by atoms with Crippen molar-refractivity contribution in [2.45, 2.75) is 130 Å². The Morgan fingerprint density at radius 2 is 1.03 bits per heavy atom. The van der Waals surface area contributed by atoms with Gasteiger partial charge in [0.15, 0.2) is 0 Å². The standard InChI is InChI=1S/C28H50O2/c1-4-7-10-13-14-15-16-17-18-19-22-25-28(29-26-23-20-11-8-5-2)30-27-24-21-12-9-6-3/h17-18,25H,4-16,20-21,23-24,26-27H2,1-3H3/b18-17-. The molecular weight excluding hydrogens is 368 g/mol. The lowest BCUT2D eigenvalue weighted by molar-refractivity contribution is 0.0325. The maximum atomic E-state index is 5.85. The Balaban J connectivity index is 4.16. The van der Waals surface area contributed by atoms with Crippen LogP contribution >= 0.6 is 0 Å². The number of hydrogen-bond acceptors (Lipinski definition) is 2. The van der Waals surface area contributed by atoms with Crippen LogP contribution in [-0.2, 0) is 9.47 Å². The molecule has 0 aromatic carbocycles. The van der Waals surface area contributed by atoms with Gasteiger partial charge in [-0.1, -0.05) is 122 Å². The normalized spacial score (nSPS) is 10.6. The van der Waals surface area contributed by atoms with Gasteiger partial charge in [-0.3, -0.25) is 0 Å². The third-order valence-corrected chi connectivity index (χ3v) is 5.18. The Morgan fingerprint density at radius 1 is 0.567 bits per heavy atom. The topological polar surface area (TPSA) is 18.5 Å². The quantitative estimate of drug-likeness (QED) is 0.105. The molecule has 2 nitrogen and oxygen atoms in total. The minimum atomic E-state index is 0.595. The van der Waals surface area contributed by atoms with E-state index in [0.717, 1.165) is 32.5 Å². The molecule has 0 aliphatic rings. The van der Waals surface area contributed by atoms with Gasteiger partial charge in [-0.25, -0.2) is 0 Å². The van der Waals surface area contributed by atoms with Gasteiger partial charge in [-0.05, 0) is 31.8 Å². The molecule has 0 N–H and O–H groups in total. The van der Waals surface area contributed by atoms with Crippen molar-refractivity contribution >= 4 is 0 Å². The number of ether oxygens (including phenoxy) is 2. The van der Waals surface area contributed by atoms with E-state index in [9.17, 15) is 0 Å². The van der Waals surface area contributed by atoms with Crippen molar-refractivity contribution < 1.29 is 9.47 Å². The molecule has 0 unspecified atom stereocenters. The van der Waals surface area contributed by atoms with Crippen LogP contribution in [-0.4, -0.2) is 13.2 Å². The Hall–Kier alpha value is -1.36. The van der Waals surface area contributed by atoms with E-state index in [-0.39, 0.29) is 0 Å². The van der Waals surface area contributed by atoms with Gasteiger partial charge >= 0.3 is 0 Å². The van der Waals surface area contributed by atoms with Crippen LogP contribution < -0.4 is 0 Å². The van der Waals surface area contributed by atoms with Gasteiger partial charge in [-0.15, -0.1) is 0 Å². The largest absolute Gasteiger partial charge is 0.465 e. The molecule has 30 heavy (non-hydrogen) atoms. The van der Waals surface area contributed by atoms with Crippen molar-refractivity contribution in [2.24, 2.45) is 0 Å². The highest BCUT2D eigenvalue weighted by molar-refractivity contribution is 5.23. The lowest BCUT2D eigenvalue weighted by atomic mass is 10.1. The highest BCUT2D eigenvalue weighted by Crippen LogP contribution is 2.09. The molecule has 0 radical (unpaired) electrons. The summed E-state index contributed by atoms with van der Waals surface area (Å²) in [5.41, 5.74) is 0. The van der Waals surface area contributed by atoms with Crippen LogP contribution in [0.4, 0.5) is 0 Å². The summed E-state index contributed by atoms with van der Waals surface area (Å²) in [4.78, 5) is 0. The lowest BCUT2D eigenvalue weighted by Crippen LogP contribution is -2.02. The van der Waals surface area contributed by atoms with Gasteiger partial charge in [0, 0.05) is 0 Å². The zero-order chi connectivity index (χ0) is 22.0. The van der Waals surface area contributed by atoms with E-state index < -0.39 is 0 Å². The zero-order valence-electron chi connectivity index (χ0n) is 20.5. The second kappa shape index (κ2) is 25.7. The molecule has 0 spiro atoms. The average molecular weight is 419 g/mol. The van der Waals surface area contributed by atoms with Crippen molar-refractivity contribution in [3.05, 3.63) is 24.2 Å². The first-order valence-electron chi connectivity index (χ1n) is 13.0. The predicted octanol–water partition coefficient (Wildman–Crippen LogP) is 9.11. The zero-order valence-corrected chi connectivity index (χ0v) is 20.5. The SMILES string of the molecule is CCCCCCCC/C=C\C#CC=C(OCCCCCCC)OCCCCCCC. The smallest absolute Gasteiger partial charge is 0.287 e. The number of unbranched alkanes of at least 4 members (excludes halogenated alkanes) is 14. The lowest BCUT2D eigenvalue weighted by Gasteiger charge is -2.11. The van der Waals surface area contributed by atoms with Crippen molar-refractivity contribution in [1.82, 2.24) is 0 Å². The fraction of sp³-hybridized carbons (Fsp3) is 0.786. The van der Waals surface area contributed by atoms with Gasteiger partial charge in [0.05, 0.1) is 19.3 Å². The molecule has 174 valence electrons. The van der Waals surface area contributed by atoms with Crippen molar-refractivity contribution in [3.63, 3.8) is 0 Å². The van der Waals surface area contributed by atoms with Crippen LogP contribution in [0.5, 0.6) is 0 Å². The van der Waals surface area contributed by atoms with Crippen LogP contribution in [0.25, 0.3) is 0 Å². The Bertz CT molecular complexity index is 435. The molecular formula is C28H50O2. The monoisotopic (exact) mass is 418 g/mol. The highest BCUT2D eigenvalue weighted by atomic mass is 16.7. The molecule has 0 bridgehead atoms. The molecule has 0 aromatic rings. The van der Waals surface area contributed by atoms with Crippen LogP contribution in [0.3, 0.4) is 0 Å². The molecule has 2 heteroatoms. The van der Waals surface area contributed by atoms with Crippen molar-refractivity contribution in [2.75, 3.05) is 13.2 Å². The van der Waals surface area contributed by atoms with E-state index in [1.165, 1.54) is 89.9 Å². The maximum absolute atomic E-state index is 5.85. The van der Waals surface area contributed by atoms with Crippen LogP contribution in [0.15, 0.2) is 24.2 Å². The van der Waals surface area contributed by atoms with Crippen molar-refractivity contribution in [1.29, 1.82) is 0 Å². The van der Waals surface area contributed by atoms with E-state index in [1.54, 1.807) is 6.08 Å². The average Bonchev–Trinajstić information content (AvgIpc) is 2.76. The first-order valence-corrected chi connectivity index (χ1v) is 13.0. The molecule has 0 amide bonds. The van der Waals surface area contributed by atoms with E-state index in [2.05, 4.69) is 38.7 Å². The second-order valence-electron chi connectivity index (χ2n) is 8.24. The molecule has 0 saturated carbocycles. The summed E-state index contributed by atoms with van der Waals surface area (Å²) in [6, 6.07) is 0. The van der Waals surface area contributed by atoms with Crippen molar-refractivity contribution in [3.8, 4) is 11.8 Å². The molecule has 0 aliphatic carbocycles. The molecule has 0 heterocycles. The Kier molecular flexibility index (Phi) is 24.5. The molecule has 0 rings (SSSR count). The van der Waals surface area contributed by atoms with Gasteiger partial charge in [0.1, 0.15) is 0 Å². The van der Waals surface area contributed by atoms with E-state index >= 15 is 0 Å². The third kappa shape index (κ3) is 22.9. The summed E-state index contributed by atoms with van der Waals surface area (Å²) in [7, 11) is 0. The summed E-state index contributed by atoms with van der Waals surface area (Å²) in [5, 5.41) is 0. The highest BCUT2D eigenvalue weighted by Gasteiger charge is 1.99. The fourth-order valence-corrected chi connectivity index (χ4v) is 3.22. The predicted molar refractivity (Wildman–Crippen MR) is 132 cm³/mol. The van der Waals surface area contributed by atoms with Crippen LogP contribution in [0, 0.1) is 11.8 Å². The van der Waals surface area contributed by atoms with E-state index in [1.807, 2.05) is 6.08 Å². The van der Waals surface area contributed by atoms with Gasteiger partial charge < -0.3 is 9.47 Å². The summed E-state index contributed by atoms with van der Waals surface area (Å²) >= 11 is 0. The maximum Gasteiger partial charge on any atom is 0.287 e. The third-order valence-electron chi connectivity index (χ3n) is 5.18. The van der Waals surface area contributed by atoms with E-state index in [0.29, 0.717) is 5.95 Å². The summed E-state index contributed by atoms with van der Waals surface area (Å²) in [6.45, 7) is 8.19. The van der Waals surface area contributed by atoms with Gasteiger partial charge in [-0.2, -0.15) is 0 Å². The molecule has 0 atom stereocenters. The Morgan fingerprint density at radius 3 is 1.57 bits per heavy atom. The minimum absolute atomic E-state index is 0.595. The molecule has 0 aromatic heterocycles. The summed E-state index contributed by atoms with van der Waals surface area (Å²) in [5.74, 6) is 6.77. The Labute approximate surface area is 188 Å². The minimum Gasteiger partial charge on any atom is -0.465 e. The summed E-state index contributed by atoms with van der Waals surface area (Å²) < 4.78 is 11.7. The fourth-order valence-electron chi connectivity index (χ4n) is 3.22. The second-order valence-corrected chi connectivity index (χ2v) is 8.24.